The Morgan fingerprint density at radius 1 is 1.56 bits per heavy atom. The van der Waals surface area contributed by atoms with Crippen LogP contribution in [0.2, 0.25) is 0 Å². The molecule has 0 saturated carbocycles. The van der Waals surface area contributed by atoms with Crippen molar-refractivity contribution in [2.24, 2.45) is 5.73 Å². The van der Waals surface area contributed by atoms with Crippen molar-refractivity contribution >= 4 is 18.4 Å². The van der Waals surface area contributed by atoms with Crippen LogP contribution in [0.5, 0.6) is 5.88 Å². The average molecular weight is 279 g/mol. The zero-order chi connectivity index (χ0) is 12.8. The van der Waals surface area contributed by atoms with Gasteiger partial charge in [-0.2, -0.15) is 0 Å². The molecule has 0 aromatic carbocycles. The number of hydrogen-bond acceptors (Lipinski definition) is 5. The molecule has 1 heterocycles. The summed E-state index contributed by atoms with van der Waals surface area (Å²) in [7, 11) is 1.47. The third kappa shape index (κ3) is 4.12. The van der Waals surface area contributed by atoms with E-state index >= 15 is 0 Å². The summed E-state index contributed by atoms with van der Waals surface area (Å²) in [5.74, 6) is -0.566. The Balaban J connectivity index is 0.00000289. The van der Waals surface area contributed by atoms with Crippen LogP contribution in [0.25, 0.3) is 0 Å². The summed E-state index contributed by atoms with van der Waals surface area (Å²) < 4.78 is 23.0. The summed E-state index contributed by atoms with van der Waals surface area (Å²) in [5.41, 5.74) is 6.01. The van der Waals surface area contributed by atoms with Gasteiger partial charge in [0.15, 0.2) is 0 Å². The number of ether oxygens (including phenoxy) is 2. The number of carbonyl (C=O) groups excluding carboxylic acids is 1. The predicted molar refractivity (Wildman–Crippen MR) is 66.5 cm³/mol. The highest BCUT2D eigenvalue weighted by Gasteiger charge is 2.27. The number of nitrogens with two attached hydrogens (primary N) is 1. The summed E-state index contributed by atoms with van der Waals surface area (Å²) >= 11 is 0. The summed E-state index contributed by atoms with van der Waals surface area (Å²) in [6.07, 6.45) is -0.528. The molecule has 2 atom stereocenters. The monoisotopic (exact) mass is 278 g/mol. The lowest BCUT2D eigenvalue weighted by Crippen LogP contribution is -2.31. The van der Waals surface area contributed by atoms with Gasteiger partial charge in [0.2, 0.25) is 12.1 Å². The molecular weight excluding hydrogens is 263 g/mol. The van der Waals surface area contributed by atoms with E-state index in [2.05, 4.69) is 9.72 Å². The third-order valence-electron chi connectivity index (χ3n) is 2.18. The summed E-state index contributed by atoms with van der Waals surface area (Å²) in [5, 5.41) is 0. The lowest BCUT2D eigenvalue weighted by atomic mass is 10.1. The van der Waals surface area contributed by atoms with Gasteiger partial charge in [0, 0.05) is 12.3 Å². The first-order valence-corrected chi connectivity index (χ1v) is 5.16. The molecule has 0 spiro atoms. The van der Waals surface area contributed by atoms with E-state index in [-0.39, 0.29) is 19.0 Å². The number of hydrogen-bond donors (Lipinski definition) is 1. The SMILES string of the molecule is CCOC(=O)C(F)[C@@H](N)c1ccc(OC)nc1.Cl. The molecule has 0 aliphatic heterocycles. The Labute approximate surface area is 111 Å². The molecule has 102 valence electrons. The fraction of sp³-hybridized carbons (Fsp3) is 0.455. The zero-order valence-corrected chi connectivity index (χ0v) is 10.9. The first-order valence-electron chi connectivity index (χ1n) is 5.16. The van der Waals surface area contributed by atoms with Crippen LogP contribution < -0.4 is 10.5 Å². The predicted octanol–water partition coefficient (Wildman–Crippen LogP) is 1.41. The van der Waals surface area contributed by atoms with E-state index in [0.29, 0.717) is 11.4 Å². The summed E-state index contributed by atoms with van der Waals surface area (Å²) in [6.45, 7) is 1.72. The number of esters is 1. The summed E-state index contributed by atoms with van der Waals surface area (Å²) in [6, 6.07) is 2.02. The largest absolute Gasteiger partial charge is 0.481 e. The van der Waals surface area contributed by atoms with E-state index < -0.39 is 18.2 Å². The second kappa shape index (κ2) is 7.84. The van der Waals surface area contributed by atoms with Crippen molar-refractivity contribution in [3.63, 3.8) is 0 Å². The normalized spacial score (nSPS) is 13.1. The Morgan fingerprint density at radius 3 is 2.67 bits per heavy atom. The van der Waals surface area contributed by atoms with Crippen LogP contribution in [0.4, 0.5) is 4.39 Å². The molecule has 5 nitrogen and oxygen atoms in total. The fourth-order valence-electron chi connectivity index (χ4n) is 1.25. The number of halogens is 2. The van der Waals surface area contributed by atoms with Crippen LogP contribution in [-0.2, 0) is 9.53 Å². The van der Waals surface area contributed by atoms with Gasteiger partial charge in [0.25, 0.3) is 0 Å². The lowest BCUT2D eigenvalue weighted by molar-refractivity contribution is -0.149. The molecular formula is C11H16ClFN2O3. The highest BCUT2D eigenvalue weighted by molar-refractivity contribution is 5.85. The van der Waals surface area contributed by atoms with E-state index in [4.69, 9.17) is 10.5 Å². The van der Waals surface area contributed by atoms with Crippen molar-refractivity contribution < 1.29 is 18.7 Å². The number of alkyl halides is 1. The smallest absolute Gasteiger partial charge is 0.342 e. The van der Waals surface area contributed by atoms with Gasteiger partial charge in [-0.1, -0.05) is 6.07 Å². The van der Waals surface area contributed by atoms with E-state index in [9.17, 15) is 9.18 Å². The second-order valence-corrected chi connectivity index (χ2v) is 3.31. The van der Waals surface area contributed by atoms with Crippen LogP contribution in [0.1, 0.15) is 18.5 Å². The maximum absolute atomic E-state index is 13.6. The number of methoxy groups -OCH3 is 1. The summed E-state index contributed by atoms with van der Waals surface area (Å²) in [4.78, 5) is 15.0. The van der Waals surface area contributed by atoms with Gasteiger partial charge in [-0.05, 0) is 12.5 Å². The second-order valence-electron chi connectivity index (χ2n) is 3.31. The minimum absolute atomic E-state index is 0. The van der Waals surface area contributed by atoms with Crippen LogP contribution in [0, 0.1) is 0 Å². The first kappa shape index (κ1) is 16.6. The van der Waals surface area contributed by atoms with Crippen molar-refractivity contribution in [1.82, 2.24) is 4.98 Å². The molecule has 1 aromatic rings. The standard InChI is InChI=1S/C11H15FN2O3.ClH/c1-3-17-11(15)9(12)10(13)7-4-5-8(16-2)14-6-7;/h4-6,9-10H,3,13H2,1-2H3;1H/t9?,10-;/m0./s1. The molecule has 7 heteroatoms. The van der Waals surface area contributed by atoms with Crippen molar-refractivity contribution in [3.05, 3.63) is 23.9 Å². The van der Waals surface area contributed by atoms with E-state index in [1.165, 1.54) is 13.3 Å². The van der Waals surface area contributed by atoms with E-state index in [1.54, 1.807) is 19.1 Å². The minimum Gasteiger partial charge on any atom is -0.481 e. The topological polar surface area (TPSA) is 74.4 Å². The van der Waals surface area contributed by atoms with Gasteiger partial charge in [-0.15, -0.1) is 12.4 Å². The molecule has 0 aliphatic rings. The quantitative estimate of drug-likeness (QED) is 0.825. The molecule has 1 unspecified atom stereocenters. The van der Waals surface area contributed by atoms with Crippen LogP contribution in [0.15, 0.2) is 18.3 Å². The van der Waals surface area contributed by atoms with Crippen LogP contribution in [-0.4, -0.2) is 30.8 Å². The van der Waals surface area contributed by atoms with Gasteiger partial charge < -0.3 is 15.2 Å². The Bertz CT molecular complexity index is 375. The Kier molecular flexibility index (Phi) is 7.23. The lowest BCUT2D eigenvalue weighted by Gasteiger charge is -2.15. The maximum atomic E-state index is 13.6. The highest BCUT2D eigenvalue weighted by Crippen LogP contribution is 2.19. The van der Waals surface area contributed by atoms with Crippen molar-refractivity contribution in [2.45, 2.75) is 19.1 Å². The molecule has 0 amide bonds. The van der Waals surface area contributed by atoms with Gasteiger partial charge in [-0.25, -0.2) is 14.2 Å². The van der Waals surface area contributed by atoms with Gasteiger partial charge >= 0.3 is 5.97 Å². The van der Waals surface area contributed by atoms with Crippen molar-refractivity contribution in [3.8, 4) is 5.88 Å². The van der Waals surface area contributed by atoms with E-state index in [0.717, 1.165) is 0 Å². The molecule has 0 saturated heterocycles. The number of pyridine rings is 1. The number of nitrogens with zero attached hydrogens (tertiary/aromatic N) is 1. The van der Waals surface area contributed by atoms with E-state index in [1.807, 2.05) is 0 Å². The van der Waals surface area contributed by atoms with Crippen molar-refractivity contribution in [2.75, 3.05) is 13.7 Å². The maximum Gasteiger partial charge on any atom is 0.342 e. The van der Waals surface area contributed by atoms with Crippen LogP contribution in [0.3, 0.4) is 0 Å². The third-order valence-corrected chi connectivity index (χ3v) is 2.18. The van der Waals surface area contributed by atoms with Gasteiger partial charge in [0.05, 0.1) is 19.8 Å². The highest BCUT2D eigenvalue weighted by atomic mass is 35.5. The number of rotatable bonds is 5. The average Bonchev–Trinajstić information content (AvgIpc) is 2.37. The minimum atomic E-state index is -1.90. The molecule has 0 aliphatic carbocycles. The molecule has 0 fully saturated rings. The van der Waals surface area contributed by atoms with Gasteiger partial charge in [0.1, 0.15) is 0 Å². The molecule has 2 N–H and O–H groups in total. The van der Waals surface area contributed by atoms with Crippen LogP contribution >= 0.6 is 12.4 Å². The molecule has 1 rings (SSSR count). The molecule has 0 bridgehead atoms. The molecule has 18 heavy (non-hydrogen) atoms. The Hall–Kier alpha value is -1.40. The van der Waals surface area contributed by atoms with Crippen molar-refractivity contribution in [1.29, 1.82) is 0 Å². The number of carbonyl (C=O) groups is 1. The Morgan fingerprint density at radius 2 is 2.22 bits per heavy atom. The molecule has 0 radical (unpaired) electrons. The first-order chi connectivity index (χ1) is 8.10. The fourth-order valence-corrected chi connectivity index (χ4v) is 1.25. The van der Waals surface area contributed by atoms with Gasteiger partial charge in [-0.3, -0.25) is 0 Å². The molecule has 1 aromatic heterocycles. The number of aromatic nitrogens is 1. The zero-order valence-electron chi connectivity index (χ0n) is 10.1.